The molecule has 1 aromatic heterocycles. The molecule has 0 saturated carbocycles. The van der Waals surface area contributed by atoms with Crippen LogP contribution in [0.25, 0.3) is 0 Å². The van der Waals surface area contributed by atoms with Crippen LogP contribution >= 0.6 is 11.3 Å². The maximum Gasteiger partial charge on any atom is 0.321 e. The third kappa shape index (κ3) is 6.03. The quantitative estimate of drug-likeness (QED) is 0.510. The van der Waals surface area contributed by atoms with E-state index in [4.69, 9.17) is 0 Å². The van der Waals surface area contributed by atoms with Gasteiger partial charge in [-0.15, -0.1) is 11.3 Å². The number of nitrogens with one attached hydrogen (secondary N) is 3. The first kappa shape index (κ1) is 27.2. The number of hydrogen-bond donors (Lipinski definition) is 3. The lowest BCUT2D eigenvalue weighted by molar-refractivity contribution is 0.0964. The molecule has 3 heterocycles. The summed E-state index contributed by atoms with van der Waals surface area (Å²) in [6.07, 6.45) is 4.37. The van der Waals surface area contributed by atoms with Crippen LogP contribution in [0, 0.1) is 0 Å². The molecule has 0 atom stereocenters. The van der Waals surface area contributed by atoms with Crippen LogP contribution in [-0.2, 0) is 23.0 Å². The average molecular weight is 548 g/mol. The van der Waals surface area contributed by atoms with E-state index < -0.39 is 27.9 Å². The van der Waals surface area contributed by atoms with Crippen molar-refractivity contribution in [2.75, 3.05) is 38.5 Å². The Morgan fingerprint density at radius 1 is 0.973 bits per heavy atom. The van der Waals surface area contributed by atoms with E-state index in [0.717, 1.165) is 49.2 Å². The smallest absolute Gasteiger partial charge is 0.321 e. The van der Waals surface area contributed by atoms with Crippen molar-refractivity contribution in [1.82, 2.24) is 19.8 Å². The summed E-state index contributed by atoms with van der Waals surface area (Å²) in [4.78, 5) is 41.3. The van der Waals surface area contributed by atoms with E-state index in [2.05, 4.69) is 27.8 Å². The van der Waals surface area contributed by atoms with Gasteiger partial charge in [0, 0.05) is 43.7 Å². The van der Waals surface area contributed by atoms with Gasteiger partial charge in [-0.2, -0.15) is 4.31 Å². The second-order valence-corrected chi connectivity index (χ2v) is 12.2. The number of nitrogens with zero attached hydrogens (tertiary/aromatic N) is 2. The molecule has 0 radical (unpaired) electrons. The number of sulfonamides is 1. The largest absolute Gasteiger partial charge is 0.341 e. The number of urea groups is 1. The lowest BCUT2D eigenvalue weighted by Gasteiger charge is -2.25. The number of imide groups is 1. The number of amides is 4. The minimum atomic E-state index is -3.62. The molecule has 3 N–H and O–H groups in total. The molecule has 2 aliphatic rings. The number of thiophene rings is 1. The predicted octanol–water partition coefficient (Wildman–Crippen LogP) is 3.01. The monoisotopic (exact) mass is 547 g/mol. The highest BCUT2D eigenvalue weighted by atomic mass is 32.2. The summed E-state index contributed by atoms with van der Waals surface area (Å²) in [5.74, 6) is -1.03. The molecule has 0 bridgehead atoms. The molecule has 200 valence electrons. The zero-order valence-electron chi connectivity index (χ0n) is 21.1. The van der Waals surface area contributed by atoms with E-state index in [9.17, 15) is 22.8 Å². The SMILES string of the molecule is CCN1CCc2c(sc(NC(=O)c3ccc(S(=O)(=O)N4CCCCCC4)cc3)c2C(=O)NC(=O)NC)C1. The van der Waals surface area contributed by atoms with Gasteiger partial charge in [0.25, 0.3) is 11.8 Å². The molecule has 1 saturated heterocycles. The maximum atomic E-state index is 13.1. The van der Waals surface area contributed by atoms with Gasteiger partial charge >= 0.3 is 6.03 Å². The van der Waals surface area contributed by atoms with Crippen molar-refractivity contribution in [2.24, 2.45) is 0 Å². The normalized spacial score (nSPS) is 16.9. The van der Waals surface area contributed by atoms with E-state index in [1.165, 1.54) is 47.0 Å². The Labute approximate surface area is 221 Å². The van der Waals surface area contributed by atoms with Gasteiger partial charge in [-0.3, -0.25) is 19.8 Å². The lowest BCUT2D eigenvalue weighted by atomic mass is 10.0. The van der Waals surface area contributed by atoms with Gasteiger partial charge in [-0.1, -0.05) is 19.8 Å². The van der Waals surface area contributed by atoms with Gasteiger partial charge in [0.15, 0.2) is 0 Å². The van der Waals surface area contributed by atoms with Crippen molar-refractivity contribution in [1.29, 1.82) is 0 Å². The van der Waals surface area contributed by atoms with Crippen molar-refractivity contribution in [2.45, 2.75) is 50.5 Å². The Kier molecular flexibility index (Phi) is 8.63. The standard InChI is InChI=1S/C25H33N5O5S2/c1-3-29-15-12-19-20(16-29)36-24(21(19)23(32)28-25(33)26-2)27-22(31)17-8-10-18(11-9-17)37(34,35)30-13-6-4-5-7-14-30/h8-11H,3-7,12-16H2,1-2H3,(H,27,31)(H2,26,28,32,33). The summed E-state index contributed by atoms with van der Waals surface area (Å²) < 4.78 is 27.6. The third-order valence-electron chi connectivity index (χ3n) is 6.81. The predicted molar refractivity (Wildman–Crippen MR) is 143 cm³/mol. The fourth-order valence-corrected chi connectivity index (χ4v) is 7.47. The Hall–Kier alpha value is -2.80. The third-order valence-corrected chi connectivity index (χ3v) is 9.86. The molecule has 1 fully saturated rings. The second kappa shape index (κ2) is 11.7. The fraction of sp³-hybridized carbons (Fsp3) is 0.480. The average Bonchev–Trinajstić information content (AvgIpc) is 3.05. The molecule has 4 amide bonds. The summed E-state index contributed by atoms with van der Waals surface area (Å²) in [7, 11) is -2.20. The van der Waals surface area contributed by atoms with E-state index in [1.807, 2.05) is 0 Å². The molecule has 2 aliphatic heterocycles. The highest BCUT2D eigenvalue weighted by Gasteiger charge is 2.30. The van der Waals surface area contributed by atoms with Crippen molar-refractivity contribution in [3.05, 3.63) is 45.8 Å². The van der Waals surface area contributed by atoms with Gasteiger partial charge in [-0.05, 0) is 55.6 Å². The molecule has 0 aliphatic carbocycles. The minimum absolute atomic E-state index is 0.155. The topological polar surface area (TPSA) is 128 Å². The van der Waals surface area contributed by atoms with E-state index in [1.54, 1.807) is 0 Å². The molecule has 4 rings (SSSR count). The minimum Gasteiger partial charge on any atom is -0.341 e. The molecule has 2 aromatic rings. The van der Waals surface area contributed by atoms with Gasteiger partial charge in [0.1, 0.15) is 5.00 Å². The van der Waals surface area contributed by atoms with Crippen LogP contribution in [0.3, 0.4) is 0 Å². The second-order valence-electron chi connectivity index (χ2n) is 9.16. The van der Waals surface area contributed by atoms with Gasteiger partial charge in [0.2, 0.25) is 10.0 Å². The Morgan fingerprint density at radius 3 is 2.27 bits per heavy atom. The summed E-state index contributed by atoms with van der Waals surface area (Å²) in [6.45, 7) is 5.38. The maximum absolute atomic E-state index is 13.1. The van der Waals surface area contributed by atoms with Crippen LogP contribution in [-0.4, -0.2) is 68.7 Å². The highest BCUT2D eigenvalue weighted by molar-refractivity contribution is 7.89. The lowest BCUT2D eigenvalue weighted by Crippen LogP contribution is -2.38. The number of hydrogen-bond acceptors (Lipinski definition) is 7. The van der Waals surface area contributed by atoms with Crippen LogP contribution in [0.2, 0.25) is 0 Å². The van der Waals surface area contributed by atoms with Crippen LogP contribution < -0.4 is 16.0 Å². The summed E-state index contributed by atoms with van der Waals surface area (Å²) in [5, 5.41) is 7.87. The van der Waals surface area contributed by atoms with Crippen molar-refractivity contribution in [3.63, 3.8) is 0 Å². The van der Waals surface area contributed by atoms with Crippen molar-refractivity contribution >= 4 is 44.2 Å². The molecule has 0 unspecified atom stereocenters. The Bertz CT molecular complexity index is 1270. The zero-order chi connectivity index (χ0) is 26.6. The fourth-order valence-electron chi connectivity index (χ4n) is 4.67. The summed E-state index contributed by atoms with van der Waals surface area (Å²) >= 11 is 1.33. The molecule has 12 heteroatoms. The first-order chi connectivity index (χ1) is 17.7. The van der Waals surface area contributed by atoms with Gasteiger partial charge in [0.05, 0.1) is 10.5 Å². The molecule has 1 aromatic carbocycles. The van der Waals surface area contributed by atoms with E-state index >= 15 is 0 Å². The number of benzene rings is 1. The molecule has 37 heavy (non-hydrogen) atoms. The number of carbonyl (C=O) groups is 3. The number of fused-ring (bicyclic) bond motifs is 1. The van der Waals surface area contributed by atoms with Crippen LogP contribution in [0.1, 0.15) is 63.8 Å². The Morgan fingerprint density at radius 2 is 1.65 bits per heavy atom. The summed E-state index contributed by atoms with van der Waals surface area (Å²) in [6, 6.07) is 5.24. The zero-order valence-corrected chi connectivity index (χ0v) is 22.8. The summed E-state index contributed by atoms with van der Waals surface area (Å²) in [5.41, 5.74) is 1.41. The molecular weight excluding hydrogens is 514 g/mol. The Balaban J connectivity index is 1.56. The van der Waals surface area contributed by atoms with Gasteiger partial charge in [-0.25, -0.2) is 13.2 Å². The van der Waals surface area contributed by atoms with Crippen molar-refractivity contribution in [3.8, 4) is 0 Å². The highest BCUT2D eigenvalue weighted by Crippen LogP contribution is 2.37. The molecular formula is C25H33N5O5S2. The van der Waals surface area contributed by atoms with E-state index in [-0.39, 0.29) is 10.5 Å². The van der Waals surface area contributed by atoms with Crippen molar-refractivity contribution < 1.29 is 22.8 Å². The van der Waals surface area contributed by atoms with E-state index in [0.29, 0.717) is 36.6 Å². The number of anilines is 1. The van der Waals surface area contributed by atoms with Crippen LogP contribution in [0.4, 0.5) is 9.80 Å². The number of likely N-dealkylation sites (N-methyl/N-ethyl adjacent to an activating group) is 1. The first-order valence-electron chi connectivity index (χ1n) is 12.6. The molecule has 10 nitrogen and oxygen atoms in total. The van der Waals surface area contributed by atoms with Gasteiger partial charge < -0.3 is 10.6 Å². The number of rotatable bonds is 6. The number of carbonyl (C=O) groups excluding carboxylic acids is 3. The first-order valence-corrected chi connectivity index (χ1v) is 14.8. The van der Waals surface area contributed by atoms with Crippen LogP contribution in [0.15, 0.2) is 29.2 Å². The van der Waals surface area contributed by atoms with Crippen LogP contribution in [0.5, 0.6) is 0 Å². The molecule has 0 spiro atoms.